The third-order valence-electron chi connectivity index (χ3n) is 2.74. The van der Waals surface area contributed by atoms with Crippen LogP contribution < -0.4 is 0 Å². The summed E-state index contributed by atoms with van der Waals surface area (Å²) in [6.07, 6.45) is 4.83. The number of aliphatic hydroxyl groups is 1. The summed E-state index contributed by atoms with van der Waals surface area (Å²) in [5.41, 5.74) is 1.12. The van der Waals surface area contributed by atoms with Crippen LogP contribution in [0.2, 0.25) is 0 Å². The standard InChI is InChI=1S/C15H20N2O2/c1-3-4-5-10-17(2)15(19)14-9-8-13(12-16-14)7-6-11-18/h8-9,12,18H,3-5,10-11H2,1-2H3. The fourth-order valence-electron chi connectivity index (χ4n) is 1.63. The van der Waals surface area contributed by atoms with Gasteiger partial charge in [0.1, 0.15) is 12.3 Å². The molecular weight excluding hydrogens is 240 g/mol. The van der Waals surface area contributed by atoms with Gasteiger partial charge in [-0.15, -0.1) is 0 Å². The first-order valence-corrected chi connectivity index (χ1v) is 6.50. The van der Waals surface area contributed by atoms with Crippen molar-refractivity contribution in [3.05, 3.63) is 29.6 Å². The summed E-state index contributed by atoms with van der Waals surface area (Å²) in [4.78, 5) is 17.8. The van der Waals surface area contributed by atoms with Crippen LogP contribution in [-0.2, 0) is 0 Å². The minimum absolute atomic E-state index is 0.0715. The fraction of sp³-hybridized carbons (Fsp3) is 0.467. The fourth-order valence-corrected chi connectivity index (χ4v) is 1.63. The van der Waals surface area contributed by atoms with Crippen molar-refractivity contribution in [1.82, 2.24) is 9.88 Å². The topological polar surface area (TPSA) is 53.4 Å². The molecule has 1 aromatic heterocycles. The van der Waals surface area contributed by atoms with E-state index in [1.54, 1.807) is 30.3 Å². The molecule has 0 aliphatic heterocycles. The van der Waals surface area contributed by atoms with Crippen LogP contribution in [0.5, 0.6) is 0 Å². The van der Waals surface area contributed by atoms with Gasteiger partial charge in [-0.05, 0) is 18.6 Å². The summed E-state index contributed by atoms with van der Waals surface area (Å²) in [6, 6.07) is 3.41. The van der Waals surface area contributed by atoms with Gasteiger partial charge in [0.05, 0.1) is 0 Å². The molecule has 1 N–H and O–H groups in total. The summed E-state index contributed by atoms with van der Waals surface area (Å²) in [5.74, 6) is 5.21. The molecule has 0 saturated heterocycles. The highest BCUT2D eigenvalue weighted by Crippen LogP contribution is 2.04. The molecule has 19 heavy (non-hydrogen) atoms. The van der Waals surface area contributed by atoms with Crippen LogP contribution in [0.1, 0.15) is 42.2 Å². The molecule has 0 unspecified atom stereocenters. The molecule has 0 fully saturated rings. The number of hydrogen-bond acceptors (Lipinski definition) is 3. The molecule has 4 heteroatoms. The normalized spacial score (nSPS) is 9.63. The molecule has 1 aromatic rings. The van der Waals surface area contributed by atoms with E-state index < -0.39 is 0 Å². The lowest BCUT2D eigenvalue weighted by atomic mass is 10.2. The molecule has 0 aliphatic rings. The molecule has 102 valence electrons. The van der Waals surface area contributed by atoms with E-state index in [2.05, 4.69) is 23.7 Å². The number of hydrogen-bond donors (Lipinski definition) is 1. The van der Waals surface area contributed by atoms with E-state index >= 15 is 0 Å². The summed E-state index contributed by atoms with van der Waals surface area (Å²) in [6.45, 7) is 2.71. The Morgan fingerprint density at radius 3 is 2.79 bits per heavy atom. The highest BCUT2D eigenvalue weighted by molar-refractivity contribution is 5.92. The maximum absolute atomic E-state index is 12.1. The lowest BCUT2D eigenvalue weighted by Gasteiger charge is -2.16. The van der Waals surface area contributed by atoms with Crippen LogP contribution >= 0.6 is 0 Å². The number of carbonyl (C=O) groups excluding carboxylic acids is 1. The largest absolute Gasteiger partial charge is 0.384 e. The third-order valence-corrected chi connectivity index (χ3v) is 2.74. The van der Waals surface area contributed by atoms with Gasteiger partial charge in [0.25, 0.3) is 5.91 Å². The predicted octanol–water partition coefficient (Wildman–Crippen LogP) is 1.69. The SMILES string of the molecule is CCCCCN(C)C(=O)c1ccc(C#CCO)cn1. The Labute approximate surface area is 114 Å². The van der Waals surface area contributed by atoms with Gasteiger partial charge in [0.15, 0.2) is 0 Å². The van der Waals surface area contributed by atoms with Crippen molar-refractivity contribution in [2.24, 2.45) is 0 Å². The highest BCUT2D eigenvalue weighted by atomic mass is 16.2. The van der Waals surface area contributed by atoms with Crippen molar-refractivity contribution in [3.8, 4) is 11.8 Å². The number of aromatic nitrogens is 1. The van der Waals surface area contributed by atoms with E-state index in [-0.39, 0.29) is 12.5 Å². The molecule has 1 heterocycles. The second-order valence-corrected chi connectivity index (χ2v) is 4.33. The Morgan fingerprint density at radius 1 is 1.42 bits per heavy atom. The maximum Gasteiger partial charge on any atom is 0.272 e. The average molecular weight is 260 g/mol. The van der Waals surface area contributed by atoms with Crippen LogP contribution in [0.3, 0.4) is 0 Å². The Balaban J connectivity index is 2.61. The molecule has 1 amide bonds. The van der Waals surface area contributed by atoms with E-state index in [1.807, 2.05) is 0 Å². The summed E-state index contributed by atoms with van der Waals surface area (Å²) >= 11 is 0. The first-order valence-electron chi connectivity index (χ1n) is 6.50. The molecule has 0 spiro atoms. The second kappa shape index (κ2) is 8.28. The van der Waals surface area contributed by atoms with Gasteiger partial charge in [-0.25, -0.2) is 4.98 Å². The van der Waals surface area contributed by atoms with Crippen molar-refractivity contribution in [2.75, 3.05) is 20.2 Å². The predicted molar refractivity (Wildman–Crippen MR) is 74.7 cm³/mol. The Bertz CT molecular complexity index is 457. The first-order chi connectivity index (χ1) is 9.19. The molecule has 0 atom stereocenters. The molecule has 0 aliphatic carbocycles. The average Bonchev–Trinajstić information content (AvgIpc) is 2.45. The Morgan fingerprint density at radius 2 is 2.21 bits per heavy atom. The van der Waals surface area contributed by atoms with E-state index in [1.165, 1.54) is 0 Å². The van der Waals surface area contributed by atoms with Crippen molar-refractivity contribution >= 4 is 5.91 Å². The van der Waals surface area contributed by atoms with Crippen LogP contribution in [0, 0.1) is 11.8 Å². The number of unbranched alkanes of at least 4 members (excludes halogenated alkanes) is 2. The van der Waals surface area contributed by atoms with Crippen LogP contribution in [0.25, 0.3) is 0 Å². The number of carbonyl (C=O) groups is 1. The number of rotatable bonds is 5. The highest BCUT2D eigenvalue weighted by Gasteiger charge is 2.12. The monoisotopic (exact) mass is 260 g/mol. The molecule has 0 radical (unpaired) electrons. The van der Waals surface area contributed by atoms with Gasteiger partial charge >= 0.3 is 0 Å². The van der Waals surface area contributed by atoms with Crippen molar-refractivity contribution < 1.29 is 9.90 Å². The van der Waals surface area contributed by atoms with E-state index in [0.717, 1.165) is 25.8 Å². The minimum atomic E-state index is -0.180. The molecule has 0 aromatic carbocycles. The van der Waals surface area contributed by atoms with Gasteiger partial charge in [0.2, 0.25) is 0 Å². The number of pyridine rings is 1. The Kier molecular flexibility index (Phi) is 6.62. The third kappa shape index (κ3) is 5.11. The smallest absolute Gasteiger partial charge is 0.272 e. The van der Waals surface area contributed by atoms with Crippen molar-refractivity contribution in [1.29, 1.82) is 0 Å². The van der Waals surface area contributed by atoms with Crippen LogP contribution in [0.4, 0.5) is 0 Å². The summed E-state index contributed by atoms with van der Waals surface area (Å²) in [7, 11) is 1.79. The first kappa shape index (κ1) is 15.2. The minimum Gasteiger partial charge on any atom is -0.384 e. The molecule has 0 saturated carbocycles. The quantitative estimate of drug-likeness (QED) is 0.647. The zero-order valence-electron chi connectivity index (χ0n) is 11.5. The van der Waals surface area contributed by atoms with Crippen LogP contribution in [-0.4, -0.2) is 41.1 Å². The van der Waals surface area contributed by atoms with Gasteiger partial charge < -0.3 is 10.0 Å². The second-order valence-electron chi connectivity index (χ2n) is 4.33. The molecule has 1 rings (SSSR count). The zero-order valence-corrected chi connectivity index (χ0v) is 11.5. The maximum atomic E-state index is 12.1. The van der Waals surface area contributed by atoms with Crippen molar-refractivity contribution in [3.63, 3.8) is 0 Å². The number of nitrogens with zero attached hydrogens (tertiary/aromatic N) is 2. The lowest BCUT2D eigenvalue weighted by Crippen LogP contribution is -2.28. The van der Waals surface area contributed by atoms with Gasteiger partial charge in [-0.1, -0.05) is 31.6 Å². The number of amides is 1. The van der Waals surface area contributed by atoms with E-state index in [0.29, 0.717) is 11.3 Å². The molecule has 0 bridgehead atoms. The lowest BCUT2D eigenvalue weighted by molar-refractivity contribution is 0.0787. The molecular formula is C15H20N2O2. The zero-order chi connectivity index (χ0) is 14.1. The van der Waals surface area contributed by atoms with Crippen molar-refractivity contribution in [2.45, 2.75) is 26.2 Å². The summed E-state index contributed by atoms with van der Waals surface area (Å²) in [5, 5.41) is 8.59. The summed E-state index contributed by atoms with van der Waals surface area (Å²) < 4.78 is 0. The van der Waals surface area contributed by atoms with Gasteiger partial charge in [-0.2, -0.15) is 0 Å². The van der Waals surface area contributed by atoms with E-state index in [4.69, 9.17) is 5.11 Å². The van der Waals surface area contributed by atoms with Gasteiger partial charge in [0, 0.05) is 25.4 Å². The van der Waals surface area contributed by atoms with Crippen LogP contribution in [0.15, 0.2) is 18.3 Å². The Hall–Kier alpha value is -1.86. The van der Waals surface area contributed by atoms with Gasteiger partial charge in [-0.3, -0.25) is 4.79 Å². The molecule has 4 nitrogen and oxygen atoms in total. The van der Waals surface area contributed by atoms with E-state index in [9.17, 15) is 4.79 Å². The number of aliphatic hydroxyl groups excluding tert-OH is 1.